The van der Waals surface area contributed by atoms with Crippen molar-refractivity contribution in [2.75, 3.05) is 5.32 Å². The Morgan fingerprint density at radius 2 is 1.77 bits per heavy atom. The summed E-state index contributed by atoms with van der Waals surface area (Å²) in [5, 5.41) is 20.9. The van der Waals surface area contributed by atoms with Gasteiger partial charge in [0.2, 0.25) is 0 Å². The summed E-state index contributed by atoms with van der Waals surface area (Å²) in [5.41, 5.74) is 4.90. The Bertz CT molecular complexity index is 1380. The third kappa shape index (κ3) is 5.06. The standard InChI is InChI=1S/C27H25N5O3/c1-17-2-4-18(5-3-17)16-29-27(35)32-24(19-6-7-19)15-23(31-32)22-9-8-21(14-25(22)33)30-26(34)20-10-12-28-13-11-20/h2-5,8-15,19,33H,6-7,16H2,1H3,(H,29,35)(H,30,34). The summed E-state index contributed by atoms with van der Waals surface area (Å²) in [7, 11) is 0. The van der Waals surface area contributed by atoms with Gasteiger partial charge in [0.1, 0.15) is 5.75 Å². The number of aromatic nitrogens is 3. The number of pyridine rings is 1. The maximum absolute atomic E-state index is 13.0. The first-order chi connectivity index (χ1) is 17.0. The van der Waals surface area contributed by atoms with Crippen LogP contribution in [0, 0.1) is 6.92 Å². The molecule has 1 fully saturated rings. The van der Waals surface area contributed by atoms with Crippen LogP contribution in [0.4, 0.5) is 10.5 Å². The fraction of sp³-hybridized carbons (Fsp3) is 0.185. The molecule has 0 atom stereocenters. The Hall–Kier alpha value is -4.46. The van der Waals surface area contributed by atoms with Crippen LogP contribution < -0.4 is 10.6 Å². The maximum atomic E-state index is 13.0. The third-order valence-electron chi connectivity index (χ3n) is 5.96. The molecule has 2 amide bonds. The van der Waals surface area contributed by atoms with E-state index in [1.165, 1.54) is 10.7 Å². The highest BCUT2D eigenvalue weighted by Crippen LogP contribution is 2.42. The van der Waals surface area contributed by atoms with Crippen LogP contribution in [0.15, 0.2) is 73.1 Å². The minimum Gasteiger partial charge on any atom is -0.507 e. The highest BCUT2D eigenvalue weighted by Gasteiger charge is 2.30. The molecule has 0 bridgehead atoms. The van der Waals surface area contributed by atoms with Crippen LogP contribution >= 0.6 is 0 Å². The van der Waals surface area contributed by atoms with E-state index in [1.54, 1.807) is 36.7 Å². The van der Waals surface area contributed by atoms with E-state index in [0.29, 0.717) is 29.1 Å². The Kier molecular flexibility index (Phi) is 6.01. The fourth-order valence-electron chi connectivity index (χ4n) is 3.85. The van der Waals surface area contributed by atoms with Crippen molar-refractivity contribution in [3.05, 3.63) is 95.4 Å². The molecule has 1 aliphatic rings. The first-order valence-electron chi connectivity index (χ1n) is 11.5. The first kappa shape index (κ1) is 22.3. The number of anilines is 1. The molecule has 35 heavy (non-hydrogen) atoms. The quantitative estimate of drug-likeness (QED) is 0.376. The normalized spacial score (nSPS) is 12.8. The lowest BCUT2D eigenvalue weighted by Gasteiger charge is -2.09. The molecule has 1 aliphatic carbocycles. The fourth-order valence-corrected chi connectivity index (χ4v) is 3.85. The Morgan fingerprint density at radius 1 is 1.03 bits per heavy atom. The largest absolute Gasteiger partial charge is 0.507 e. The number of amides is 2. The topological polar surface area (TPSA) is 109 Å². The Morgan fingerprint density at radius 3 is 2.46 bits per heavy atom. The highest BCUT2D eigenvalue weighted by molar-refractivity contribution is 6.04. The number of rotatable bonds is 6. The number of hydrogen-bond acceptors (Lipinski definition) is 5. The second-order valence-electron chi connectivity index (χ2n) is 8.71. The number of phenolic OH excluding ortho intramolecular Hbond substituents is 1. The number of carbonyl (C=O) groups is 2. The van der Waals surface area contributed by atoms with Gasteiger partial charge in [-0.2, -0.15) is 9.78 Å². The Balaban J connectivity index is 1.34. The molecule has 3 N–H and O–H groups in total. The van der Waals surface area contributed by atoms with Gasteiger partial charge in [-0.05, 0) is 55.7 Å². The van der Waals surface area contributed by atoms with E-state index < -0.39 is 0 Å². The average molecular weight is 468 g/mol. The molecule has 0 spiro atoms. The third-order valence-corrected chi connectivity index (χ3v) is 5.96. The number of hydrogen-bond donors (Lipinski definition) is 3. The van der Waals surface area contributed by atoms with E-state index in [-0.39, 0.29) is 23.6 Å². The van der Waals surface area contributed by atoms with E-state index in [9.17, 15) is 14.7 Å². The van der Waals surface area contributed by atoms with Crippen molar-refractivity contribution in [1.29, 1.82) is 0 Å². The molecule has 8 nitrogen and oxygen atoms in total. The van der Waals surface area contributed by atoms with Gasteiger partial charge in [-0.15, -0.1) is 0 Å². The molecule has 2 aromatic carbocycles. The predicted molar refractivity (Wildman–Crippen MR) is 132 cm³/mol. The van der Waals surface area contributed by atoms with Crippen LogP contribution in [-0.4, -0.2) is 31.8 Å². The first-order valence-corrected chi connectivity index (χ1v) is 11.5. The molecule has 8 heteroatoms. The van der Waals surface area contributed by atoms with Crippen LogP contribution in [-0.2, 0) is 6.54 Å². The summed E-state index contributed by atoms with van der Waals surface area (Å²) in [5.74, 6) is -0.0582. The zero-order valence-corrected chi connectivity index (χ0v) is 19.2. The summed E-state index contributed by atoms with van der Waals surface area (Å²) in [4.78, 5) is 29.2. The van der Waals surface area contributed by atoms with Gasteiger partial charge in [0.05, 0.1) is 11.4 Å². The molecule has 0 saturated heterocycles. The molecule has 1 saturated carbocycles. The number of carbonyl (C=O) groups excluding carboxylic acids is 2. The van der Waals surface area contributed by atoms with Crippen LogP contribution in [0.1, 0.15) is 45.9 Å². The van der Waals surface area contributed by atoms with E-state index in [1.807, 2.05) is 37.3 Å². The zero-order chi connectivity index (χ0) is 24.4. The average Bonchev–Trinajstić information content (AvgIpc) is 3.62. The molecule has 2 aromatic heterocycles. The SMILES string of the molecule is Cc1ccc(CNC(=O)n2nc(-c3ccc(NC(=O)c4ccncc4)cc3O)cc2C2CC2)cc1. The molecule has 0 unspecified atom stereocenters. The predicted octanol–water partition coefficient (Wildman–Crippen LogP) is 4.85. The lowest BCUT2D eigenvalue weighted by atomic mass is 10.1. The van der Waals surface area contributed by atoms with Gasteiger partial charge in [-0.1, -0.05) is 29.8 Å². The molecular formula is C27H25N5O3. The van der Waals surface area contributed by atoms with Crippen molar-refractivity contribution in [1.82, 2.24) is 20.1 Å². The lowest BCUT2D eigenvalue weighted by molar-refractivity contribution is 0.102. The van der Waals surface area contributed by atoms with Crippen molar-refractivity contribution in [2.45, 2.75) is 32.2 Å². The molecule has 0 radical (unpaired) electrons. The van der Waals surface area contributed by atoms with E-state index >= 15 is 0 Å². The van der Waals surface area contributed by atoms with Crippen LogP contribution in [0.5, 0.6) is 5.75 Å². The summed E-state index contributed by atoms with van der Waals surface area (Å²) in [6, 6.07) is 17.6. The summed E-state index contributed by atoms with van der Waals surface area (Å²) in [6.07, 6.45) is 5.09. The number of benzene rings is 2. The van der Waals surface area contributed by atoms with Gasteiger partial charge in [0, 0.05) is 47.7 Å². The highest BCUT2D eigenvalue weighted by atomic mass is 16.3. The smallest absolute Gasteiger partial charge is 0.342 e. The molecule has 0 aliphatic heterocycles. The number of aromatic hydroxyl groups is 1. The minimum atomic E-state index is -0.306. The molecule has 176 valence electrons. The molecule has 5 rings (SSSR count). The second-order valence-corrected chi connectivity index (χ2v) is 8.71. The van der Waals surface area contributed by atoms with Gasteiger partial charge < -0.3 is 15.7 Å². The lowest BCUT2D eigenvalue weighted by Crippen LogP contribution is -2.30. The molecular weight excluding hydrogens is 442 g/mol. The van der Waals surface area contributed by atoms with Gasteiger partial charge in [-0.3, -0.25) is 9.78 Å². The second kappa shape index (κ2) is 9.42. The zero-order valence-electron chi connectivity index (χ0n) is 19.2. The van der Waals surface area contributed by atoms with Crippen molar-refractivity contribution in [3.8, 4) is 17.0 Å². The van der Waals surface area contributed by atoms with E-state index in [0.717, 1.165) is 29.7 Å². The number of nitrogens with zero attached hydrogens (tertiary/aromatic N) is 3. The van der Waals surface area contributed by atoms with Gasteiger partial charge in [0.15, 0.2) is 0 Å². The van der Waals surface area contributed by atoms with E-state index in [2.05, 4.69) is 20.7 Å². The van der Waals surface area contributed by atoms with Crippen LogP contribution in [0.2, 0.25) is 0 Å². The summed E-state index contributed by atoms with van der Waals surface area (Å²) in [6.45, 7) is 2.42. The minimum absolute atomic E-state index is 0.0374. The van der Waals surface area contributed by atoms with Gasteiger partial charge in [-0.25, -0.2) is 4.79 Å². The summed E-state index contributed by atoms with van der Waals surface area (Å²) < 4.78 is 1.40. The van der Waals surface area contributed by atoms with Crippen molar-refractivity contribution < 1.29 is 14.7 Å². The number of phenols is 1. The Labute approximate surface area is 202 Å². The van der Waals surface area contributed by atoms with E-state index in [4.69, 9.17) is 0 Å². The van der Waals surface area contributed by atoms with Crippen molar-refractivity contribution in [3.63, 3.8) is 0 Å². The van der Waals surface area contributed by atoms with Crippen molar-refractivity contribution in [2.24, 2.45) is 0 Å². The number of nitrogens with one attached hydrogen (secondary N) is 2. The molecule has 4 aromatic rings. The maximum Gasteiger partial charge on any atom is 0.342 e. The van der Waals surface area contributed by atoms with Gasteiger partial charge in [0.25, 0.3) is 5.91 Å². The van der Waals surface area contributed by atoms with Gasteiger partial charge >= 0.3 is 6.03 Å². The number of aryl methyl sites for hydroxylation is 1. The monoisotopic (exact) mass is 467 g/mol. The summed E-state index contributed by atoms with van der Waals surface area (Å²) >= 11 is 0. The molecule has 2 heterocycles. The van der Waals surface area contributed by atoms with Crippen LogP contribution in [0.3, 0.4) is 0 Å². The van der Waals surface area contributed by atoms with Crippen molar-refractivity contribution >= 4 is 17.6 Å². The van der Waals surface area contributed by atoms with Crippen LogP contribution in [0.25, 0.3) is 11.3 Å².